The van der Waals surface area contributed by atoms with Crippen LogP contribution in [0.3, 0.4) is 0 Å². The lowest BCUT2D eigenvalue weighted by molar-refractivity contribution is 0.00571. The summed E-state index contributed by atoms with van der Waals surface area (Å²) in [5, 5.41) is 3.01. The molecule has 0 bridgehead atoms. The predicted molar refractivity (Wildman–Crippen MR) is 67.9 cm³/mol. The topological polar surface area (TPSA) is 30.5 Å². The van der Waals surface area contributed by atoms with Gasteiger partial charge in [0.15, 0.2) is 24.2 Å². The van der Waals surface area contributed by atoms with Gasteiger partial charge in [-0.15, -0.1) is 0 Å². The molecule has 106 valence electrons. The summed E-state index contributed by atoms with van der Waals surface area (Å²) in [6.07, 6.45) is 2.34. The number of benzene rings is 1. The zero-order valence-corrected chi connectivity index (χ0v) is 11.0. The zero-order valence-electron chi connectivity index (χ0n) is 11.0. The highest BCUT2D eigenvalue weighted by Gasteiger charge is 2.21. The van der Waals surface area contributed by atoms with E-state index in [-0.39, 0.29) is 12.5 Å². The average molecular weight is 271 g/mol. The Bertz CT molecular complexity index is 399. The molecule has 1 aromatic carbocycles. The van der Waals surface area contributed by atoms with E-state index in [1.807, 2.05) is 6.92 Å². The van der Waals surface area contributed by atoms with Crippen LogP contribution in [0.15, 0.2) is 12.1 Å². The molecule has 19 heavy (non-hydrogen) atoms. The Morgan fingerprint density at radius 3 is 2.53 bits per heavy atom. The molecule has 0 heterocycles. The van der Waals surface area contributed by atoms with Crippen molar-refractivity contribution >= 4 is 0 Å². The molecule has 2 rings (SSSR count). The minimum Gasteiger partial charge on any atom is -0.461 e. The van der Waals surface area contributed by atoms with E-state index < -0.39 is 11.6 Å². The fraction of sp³-hybridized carbons (Fsp3) is 0.571. The molecule has 1 aliphatic carbocycles. The van der Waals surface area contributed by atoms with Crippen molar-refractivity contribution < 1.29 is 18.3 Å². The van der Waals surface area contributed by atoms with Crippen molar-refractivity contribution in [1.82, 2.24) is 5.32 Å². The molecule has 0 aromatic heterocycles. The smallest absolute Gasteiger partial charge is 0.193 e. The number of ether oxygens (including phenoxy) is 2. The van der Waals surface area contributed by atoms with Gasteiger partial charge in [0.25, 0.3) is 0 Å². The summed E-state index contributed by atoms with van der Waals surface area (Å²) in [4.78, 5) is 0. The maximum Gasteiger partial charge on any atom is 0.193 e. The molecule has 0 atom stereocenters. The highest BCUT2D eigenvalue weighted by molar-refractivity contribution is 5.31. The monoisotopic (exact) mass is 271 g/mol. The van der Waals surface area contributed by atoms with Gasteiger partial charge in [0.1, 0.15) is 0 Å². The average Bonchev–Trinajstić information content (AvgIpc) is 3.18. The van der Waals surface area contributed by atoms with Gasteiger partial charge in [-0.2, -0.15) is 0 Å². The molecular formula is C14H19F2NO2. The van der Waals surface area contributed by atoms with Crippen LogP contribution in [-0.4, -0.2) is 19.9 Å². The van der Waals surface area contributed by atoms with Gasteiger partial charge in [-0.25, -0.2) is 8.78 Å². The van der Waals surface area contributed by atoms with E-state index in [1.54, 1.807) is 0 Å². The molecule has 5 heteroatoms. The normalized spacial score (nSPS) is 14.7. The molecular weight excluding hydrogens is 252 g/mol. The molecule has 0 unspecified atom stereocenters. The van der Waals surface area contributed by atoms with E-state index >= 15 is 0 Å². The summed E-state index contributed by atoms with van der Waals surface area (Å²) < 4.78 is 37.6. The van der Waals surface area contributed by atoms with Crippen molar-refractivity contribution in [2.45, 2.75) is 26.3 Å². The highest BCUT2D eigenvalue weighted by atomic mass is 19.1. The molecule has 1 N–H and O–H groups in total. The lowest BCUT2D eigenvalue weighted by Crippen LogP contribution is -2.13. The number of hydrogen-bond donors (Lipinski definition) is 1. The van der Waals surface area contributed by atoms with Crippen LogP contribution >= 0.6 is 0 Å². The quantitative estimate of drug-likeness (QED) is 0.582. The maximum absolute atomic E-state index is 13.7. The van der Waals surface area contributed by atoms with Crippen LogP contribution < -0.4 is 10.1 Å². The molecule has 0 amide bonds. The summed E-state index contributed by atoms with van der Waals surface area (Å²) in [7, 11) is 0. The van der Waals surface area contributed by atoms with Crippen molar-refractivity contribution in [3.05, 3.63) is 29.3 Å². The van der Waals surface area contributed by atoms with Crippen LogP contribution in [0.25, 0.3) is 0 Å². The molecule has 1 fully saturated rings. The first-order valence-corrected chi connectivity index (χ1v) is 6.60. The third-order valence-electron chi connectivity index (χ3n) is 2.97. The summed E-state index contributed by atoms with van der Waals surface area (Å²) in [5.74, 6) is -1.15. The summed E-state index contributed by atoms with van der Waals surface area (Å²) >= 11 is 0. The molecule has 1 saturated carbocycles. The van der Waals surface area contributed by atoms with Crippen molar-refractivity contribution in [2.24, 2.45) is 5.92 Å². The SMILES string of the molecule is CCNCc1cc(F)c(OCOCC2CC2)c(F)c1. The van der Waals surface area contributed by atoms with Crippen LogP contribution in [0.2, 0.25) is 0 Å². The van der Waals surface area contributed by atoms with E-state index in [4.69, 9.17) is 9.47 Å². The Kier molecular flexibility index (Phi) is 5.10. The van der Waals surface area contributed by atoms with Crippen molar-refractivity contribution in [3.8, 4) is 5.75 Å². The number of hydrogen-bond acceptors (Lipinski definition) is 3. The third kappa shape index (κ3) is 4.44. The van der Waals surface area contributed by atoms with E-state index in [0.29, 0.717) is 24.6 Å². The fourth-order valence-corrected chi connectivity index (χ4v) is 1.72. The molecule has 0 radical (unpaired) electrons. The Morgan fingerprint density at radius 2 is 1.95 bits per heavy atom. The van der Waals surface area contributed by atoms with Crippen LogP contribution in [0.1, 0.15) is 25.3 Å². The summed E-state index contributed by atoms with van der Waals surface area (Å²) in [6, 6.07) is 2.56. The first-order valence-electron chi connectivity index (χ1n) is 6.60. The third-order valence-corrected chi connectivity index (χ3v) is 2.97. The number of rotatable bonds is 8. The highest BCUT2D eigenvalue weighted by Crippen LogP contribution is 2.29. The standard InChI is InChI=1S/C14H19F2NO2/c1-2-17-7-11-5-12(15)14(13(16)6-11)19-9-18-8-10-3-4-10/h5-6,10,17H,2-4,7-9H2,1H3. The zero-order chi connectivity index (χ0) is 13.7. The Morgan fingerprint density at radius 1 is 1.26 bits per heavy atom. The van der Waals surface area contributed by atoms with E-state index in [0.717, 1.165) is 6.54 Å². The van der Waals surface area contributed by atoms with Crippen molar-refractivity contribution in [2.75, 3.05) is 19.9 Å². The van der Waals surface area contributed by atoms with E-state index in [1.165, 1.54) is 25.0 Å². The van der Waals surface area contributed by atoms with E-state index in [9.17, 15) is 8.78 Å². The summed E-state index contributed by atoms with van der Waals surface area (Å²) in [5.41, 5.74) is 0.558. The minimum absolute atomic E-state index is 0.114. The molecule has 1 aromatic rings. The maximum atomic E-state index is 13.7. The Labute approximate surface area is 111 Å². The van der Waals surface area contributed by atoms with Crippen LogP contribution in [0, 0.1) is 17.6 Å². The molecule has 0 aliphatic heterocycles. The van der Waals surface area contributed by atoms with Crippen LogP contribution in [0.5, 0.6) is 5.75 Å². The lowest BCUT2D eigenvalue weighted by Gasteiger charge is -2.10. The second kappa shape index (κ2) is 6.82. The van der Waals surface area contributed by atoms with Gasteiger partial charge in [-0.1, -0.05) is 6.92 Å². The first-order chi connectivity index (χ1) is 9.20. The van der Waals surface area contributed by atoms with E-state index in [2.05, 4.69) is 5.32 Å². The van der Waals surface area contributed by atoms with Crippen molar-refractivity contribution in [1.29, 1.82) is 0 Å². The predicted octanol–water partition coefficient (Wildman–Crippen LogP) is 2.84. The van der Waals surface area contributed by atoms with Gasteiger partial charge >= 0.3 is 0 Å². The number of nitrogens with one attached hydrogen (secondary N) is 1. The van der Waals surface area contributed by atoms with Gasteiger partial charge in [0.05, 0.1) is 6.61 Å². The van der Waals surface area contributed by atoms with Gasteiger partial charge in [0, 0.05) is 6.54 Å². The Balaban J connectivity index is 1.87. The van der Waals surface area contributed by atoms with Crippen molar-refractivity contribution in [3.63, 3.8) is 0 Å². The second-order valence-electron chi connectivity index (χ2n) is 4.75. The molecule has 1 aliphatic rings. The van der Waals surface area contributed by atoms with Gasteiger partial charge < -0.3 is 14.8 Å². The largest absolute Gasteiger partial charge is 0.461 e. The molecule has 0 saturated heterocycles. The second-order valence-corrected chi connectivity index (χ2v) is 4.75. The lowest BCUT2D eigenvalue weighted by atomic mass is 10.2. The van der Waals surface area contributed by atoms with Gasteiger partial charge in [-0.05, 0) is 43.0 Å². The first kappa shape index (κ1) is 14.2. The molecule has 0 spiro atoms. The Hall–Kier alpha value is -1.20. The van der Waals surface area contributed by atoms with Gasteiger partial charge in [0.2, 0.25) is 0 Å². The van der Waals surface area contributed by atoms with Crippen LogP contribution in [-0.2, 0) is 11.3 Å². The summed E-state index contributed by atoms with van der Waals surface area (Å²) in [6.45, 7) is 3.60. The number of halogens is 2. The fourth-order valence-electron chi connectivity index (χ4n) is 1.72. The molecule has 3 nitrogen and oxygen atoms in total. The minimum atomic E-state index is -0.692. The van der Waals surface area contributed by atoms with Crippen LogP contribution in [0.4, 0.5) is 8.78 Å². The van der Waals surface area contributed by atoms with Gasteiger partial charge in [-0.3, -0.25) is 0 Å².